The third-order valence-corrected chi connectivity index (χ3v) is 4.33. The molecular weight excluding hydrogens is 272 g/mol. The highest BCUT2D eigenvalue weighted by Crippen LogP contribution is 2.28. The van der Waals surface area contributed by atoms with Gasteiger partial charge in [0.25, 0.3) is 0 Å². The van der Waals surface area contributed by atoms with Crippen LogP contribution in [0.1, 0.15) is 33.9 Å². The number of nitrogens with two attached hydrogens (primary N) is 1. The highest BCUT2D eigenvalue weighted by atomic mass is 16.3. The van der Waals surface area contributed by atoms with Crippen LogP contribution in [0.25, 0.3) is 6.08 Å². The van der Waals surface area contributed by atoms with Crippen LogP contribution in [0, 0.1) is 6.92 Å². The minimum atomic E-state index is 0.0845. The Bertz CT molecular complexity index is 707. The van der Waals surface area contributed by atoms with Gasteiger partial charge in [-0.25, -0.2) is 0 Å². The molecular formula is C19H22N2O. The molecule has 4 N–H and O–H groups in total. The summed E-state index contributed by atoms with van der Waals surface area (Å²) in [6.07, 6.45) is 5.25. The third kappa shape index (κ3) is 2.91. The van der Waals surface area contributed by atoms with E-state index >= 15 is 0 Å². The molecule has 0 aliphatic carbocycles. The molecule has 0 spiro atoms. The summed E-state index contributed by atoms with van der Waals surface area (Å²) in [5.41, 5.74) is 12.6. The number of fused-ring (bicyclic) bond motifs is 1. The van der Waals surface area contributed by atoms with Crippen molar-refractivity contribution in [2.75, 3.05) is 12.3 Å². The van der Waals surface area contributed by atoms with Gasteiger partial charge in [0.1, 0.15) is 0 Å². The minimum absolute atomic E-state index is 0.0845. The van der Waals surface area contributed by atoms with Gasteiger partial charge in [0.05, 0.1) is 12.6 Å². The highest BCUT2D eigenvalue weighted by molar-refractivity contribution is 5.64. The largest absolute Gasteiger partial charge is 0.398 e. The molecule has 0 radical (unpaired) electrons. The summed E-state index contributed by atoms with van der Waals surface area (Å²) in [5, 5.41) is 13.0. The lowest BCUT2D eigenvalue weighted by Gasteiger charge is -2.26. The zero-order chi connectivity index (χ0) is 15.5. The number of hydrogen-bond donors (Lipinski definition) is 3. The molecule has 0 bridgehead atoms. The van der Waals surface area contributed by atoms with Crippen LogP contribution >= 0.6 is 0 Å². The zero-order valence-electron chi connectivity index (χ0n) is 12.8. The van der Waals surface area contributed by atoms with E-state index in [0.29, 0.717) is 0 Å². The Morgan fingerprint density at radius 1 is 1.32 bits per heavy atom. The molecule has 0 aromatic heterocycles. The van der Waals surface area contributed by atoms with Crippen molar-refractivity contribution in [3.8, 4) is 0 Å². The summed E-state index contributed by atoms with van der Waals surface area (Å²) in [4.78, 5) is 0. The Morgan fingerprint density at radius 2 is 2.14 bits per heavy atom. The maximum Gasteiger partial charge on any atom is 0.0684 e. The van der Waals surface area contributed by atoms with Crippen LogP contribution in [0.3, 0.4) is 0 Å². The maximum absolute atomic E-state index is 9.50. The van der Waals surface area contributed by atoms with Crippen LogP contribution in [-0.4, -0.2) is 11.7 Å². The summed E-state index contributed by atoms with van der Waals surface area (Å²) in [7, 11) is 0. The van der Waals surface area contributed by atoms with Crippen molar-refractivity contribution in [1.29, 1.82) is 0 Å². The molecule has 1 aliphatic heterocycles. The van der Waals surface area contributed by atoms with Gasteiger partial charge in [0.15, 0.2) is 0 Å². The van der Waals surface area contributed by atoms with Crippen LogP contribution in [0.5, 0.6) is 0 Å². The lowest BCUT2D eigenvalue weighted by Crippen LogP contribution is -2.28. The summed E-state index contributed by atoms with van der Waals surface area (Å²) in [6, 6.07) is 12.4. The number of nitrogens with one attached hydrogen (secondary N) is 1. The number of hydrogen-bond acceptors (Lipinski definition) is 3. The first-order valence-electron chi connectivity index (χ1n) is 7.68. The Kier molecular flexibility index (Phi) is 4.27. The number of nitrogen functional groups attached to an aromatic ring is 1. The van der Waals surface area contributed by atoms with Crippen molar-refractivity contribution in [2.45, 2.75) is 26.0 Å². The molecule has 1 unspecified atom stereocenters. The van der Waals surface area contributed by atoms with E-state index in [4.69, 9.17) is 5.73 Å². The zero-order valence-corrected chi connectivity index (χ0v) is 12.8. The lowest BCUT2D eigenvalue weighted by molar-refractivity contribution is 0.280. The summed E-state index contributed by atoms with van der Waals surface area (Å²) in [5.74, 6) is 0. The van der Waals surface area contributed by atoms with E-state index in [1.807, 2.05) is 24.3 Å². The van der Waals surface area contributed by atoms with E-state index in [0.717, 1.165) is 35.3 Å². The van der Waals surface area contributed by atoms with E-state index < -0.39 is 0 Å². The molecule has 0 saturated heterocycles. The van der Waals surface area contributed by atoms with Crippen molar-refractivity contribution in [1.82, 2.24) is 5.32 Å². The number of aliphatic hydroxyl groups is 1. The van der Waals surface area contributed by atoms with E-state index in [-0.39, 0.29) is 12.6 Å². The van der Waals surface area contributed by atoms with Gasteiger partial charge in [-0.1, -0.05) is 42.5 Å². The molecule has 2 aromatic rings. The second-order valence-electron chi connectivity index (χ2n) is 5.81. The highest BCUT2D eigenvalue weighted by Gasteiger charge is 2.18. The number of anilines is 1. The molecule has 3 nitrogen and oxygen atoms in total. The van der Waals surface area contributed by atoms with Crippen LogP contribution < -0.4 is 11.1 Å². The topological polar surface area (TPSA) is 58.3 Å². The van der Waals surface area contributed by atoms with Crippen LogP contribution in [0.2, 0.25) is 0 Å². The van der Waals surface area contributed by atoms with E-state index in [9.17, 15) is 5.11 Å². The first kappa shape index (κ1) is 14.8. The van der Waals surface area contributed by atoms with Gasteiger partial charge in [-0.2, -0.15) is 0 Å². The average molecular weight is 294 g/mol. The molecule has 0 saturated carbocycles. The van der Waals surface area contributed by atoms with Crippen molar-refractivity contribution in [3.05, 3.63) is 70.3 Å². The number of aliphatic hydroxyl groups excluding tert-OH is 1. The second-order valence-corrected chi connectivity index (χ2v) is 5.81. The Morgan fingerprint density at radius 3 is 2.91 bits per heavy atom. The van der Waals surface area contributed by atoms with Gasteiger partial charge in [0.2, 0.25) is 0 Å². The number of para-hydroxylation sites is 1. The first-order chi connectivity index (χ1) is 10.7. The van der Waals surface area contributed by atoms with Crippen molar-refractivity contribution in [2.24, 2.45) is 0 Å². The fourth-order valence-electron chi connectivity index (χ4n) is 3.01. The molecule has 1 aliphatic rings. The fourth-order valence-corrected chi connectivity index (χ4v) is 3.01. The monoisotopic (exact) mass is 294 g/mol. The van der Waals surface area contributed by atoms with Gasteiger partial charge >= 0.3 is 0 Å². The molecule has 1 heterocycles. The number of aryl methyl sites for hydroxylation is 1. The van der Waals surface area contributed by atoms with Crippen molar-refractivity contribution >= 4 is 11.8 Å². The second kappa shape index (κ2) is 6.34. The quantitative estimate of drug-likeness (QED) is 0.763. The van der Waals surface area contributed by atoms with Crippen LogP contribution in [0.15, 0.2) is 42.5 Å². The van der Waals surface area contributed by atoms with Gasteiger partial charge in [-0.15, -0.1) is 0 Å². The molecule has 3 heteroatoms. The van der Waals surface area contributed by atoms with Gasteiger partial charge in [-0.05, 0) is 47.2 Å². The first-order valence-corrected chi connectivity index (χ1v) is 7.68. The number of benzene rings is 2. The molecule has 0 fully saturated rings. The average Bonchev–Trinajstić information content (AvgIpc) is 2.53. The fraction of sp³-hybridized carbons (Fsp3) is 0.263. The Balaban J connectivity index is 1.93. The van der Waals surface area contributed by atoms with E-state index in [1.54, 1.807) is 0 Å². The molecule has 1 atom stereocenters. The van der Waals surface area contributed by atoms with Gasteiger partial charge in [-0.3, -0.25) is 0 Å². The number of rotatable bonds is 3. The predicted molar refractivity (Wildman–Crippen MR) is 91.4 cm³/mol. The normalized spacial score (nSPS) is 17.6. The molecule has 114 valence electrons. The SMILES string of the molecule is Cc1cc2c(cc1CO)C(/C=C/c1ccccc1N)NCC2. The van der Waals surface area contributed by atoms with Crippen molar-refractivity contribution in [3.63, 3.8) is 0 Å². The summed E-state index contributed by atoms with van der Waals surface area (Å²) in [6.45, 7) is 3.11. The summed E-state index contributed by atoms with van der Waals surface area (Å²) >= 11 is 0. The Hall–Kier alpha value is -2.10. The maximum atomic E-state index is 9.50. The smallest absolute Gasteiger partial charge is 0.0684 e. The lowest BCUT2D eigenvalue weighted by atomic mass is 9.90. The third-order valence-electron chi connectivity index (χ3n) is 4.33. The predicted octanol–water partition coefficient (Wildman–Crippen LogP) is 2.97. The van der Waals surface area contributed by atoms with Gasteiger partial charge < -0.3 is 16.2 Å². The van der Waals surface area contributed by atoms with Crippen molar-refractivity contribution < 1.29 is 5.11 Å². The molecule has 2 aromatic carbocycles. The Labute approximate surface area is 131 Å². The summed E-state index contributed by atoms with van der Waals surface area (Å²) < 4.78 is 0. The van der Waals surface area contributed by atoms with E-state index in [1.165, 1.54) is 11.1 Å². The van der Waals surface area contributed by atoms with Crippen LogP contribution in [0.4, 0.5) is 5.69 Å². The minimum Gasteiger partial charge on any atom is -0.398 e. The molecule has 0 amide bonds. The standard InChI is InChI=1S/C19H22N2O/c1-13-10-15-8-9-21-19(17(15)11-16(13)12-22)7-6-14-4-2-3-5-18(14)20/h2-7,10-11,19,21-22H,8-9,12,20H2,1H3/b7-6+. The van der Waals surface area contributed by atoms with E-state index in [2.05, 4.69) is 36.5 Å². The molecule has 3 rings (SSSR count). The van der Waals surface area contributed by atoms with Gasteiger partial charge in [0, 0.05) is 12.2 Å². The van der Waals surface area contributed by atoms with Crippen LogP contribution in [-0.2, 0) is 13.0 Å². The molecule has 22 heavy (non-hydrogen) atoms.